The van der Waals surface area contributed by atoms with E-state index in [1.54, 1.807) is 6.07 Å². The van der Waals surface area contributed by atoms with Crippen molar-refractivity contribution in [3.05, 3.63) is 40.4 Å². The molecule has 0 atom stereocenters. The van der Waals surface area contributed by atoms with Crippen LogP contribution in [0.4, 0.5) is 5.69 Å². The summed E-state index contributed by atoms with van der Waals surface area (Å²) in [7, 11) is 2.89. The van der Waals surface area contributed by atoms with E-state index in [1.165, 1.54) is 38.5 Å². The molecule has 1 aromatic heterocycles. The number of nitro groups is 1. The van der Waals surface area contributed by atoms with Crippen LogP contribution in [0.3, 0.4) is 0 Å². The van der Waals surface area contributed by atoms with Gasteiger partial charge in [-0.05, 0) is 6.07 Å². The lowest BCUT2D eigenvalue weighted by molar-refractivity contribution is -0.384. The first kappa shape index (κ1) is 13.5. The zero-order chi connectivity index (χ0) is 14.5. The Morgan fingerprint density at radius 1 is 1.10 bits per heavy atom. The monoisotopic (exact) mass is 277 g/mol. The van der Waals surface area contributed by atoms with Crippen molar-refractivity contribution in [2.24, 2.45) is 0 Å². The second kappa shape index (κ2) is 5.83. The zero-order valence-corrected chi connectivity index (χ0v) is 10.8. The summed E-state index contributed by atoms with van der Waals surface area (Å²) in [5.74, 6) is 0.768. The van der Waals surface area contributed by atoms with Crippen LogP contribution in [0.5, 0.6) is 23.5 Å². The third-order valence-corrected chi connectivity index (χ3v) is 2.31. The summed E-state index contributed by atoms with van der Waals surface area (Å²) in [5, 5.41) is 10.7. The molecule has 2 aromatic rings. The average molecular weight is 277 g/mol. The first-order chi connectivity index (χ1) is 9.62. The van der Waals surface area contributed by atoms with Crippen molar-refractivity contribution < 1.29 is 19.1 Å². The maximum Gasteiger partial charge on any atom is 0.328 e. The average Bonchev–Trinajstić information content (AvgIpc) is 2.47. The standard InChI is InChI=1S/C12H11N3O5/c1-18-10-7-11(19-2)14-12(13-10)20-9-5-3-4-8(6-9)15(16)17/h3-7H,1-2H3. The molecule has 1 aromatic carbocycles. The minimum Gasteiger partial charge on any atom is -0.481 e. The fourth-order valence-corrected chi connectivity index (χ4v) is 1.40. The molecule has 0 radical (unpaired) electrons. The molecule has 8 heteroatoms. The molecule has 20 heavy (non-hydrogen) atoms. The highest BCUT2D eigenvalue weighted by molar-refractivity contribution is 5.39. The van der Waals surface area contributed by atoms with Gasteiger partial charge in [-0.3, -0.25) is 10.1 Å². The van der Waals surface area contributed by atoms with Crippen molar-refractivity contribution in [2.45, 2.75) is 0 Å². The molecule has 0 fully saturated rings. The van der Waals surface area contributed by atoms with Crippen molar-refractivity contribution >= 4 is 5.69 Å². The van der Waals surface area contributed by atoms with Crippen molar-refractivity contribution in [2.75, 3.05) is 14.2 Å². The predicted molar refractivity (Wildman–Crippen MR) is 68.3 cm³/mol. The van der Waals surface area contributed by atoms with Gasteiger partial charge in [-0.2, -0.15) is 9.97 Å². The fraction of sp³-hybridized carbons (Fsp3) is 0.167. The predicted octanol–water partition coefficient (Wildman–Crippen LogP) is 2.19. The van der Waals surface area contributed by atoms with Crippen LogP contribution >= 0.6 is 0 Å². The molecule has 0 aliphatic carbocycles. The lowest BCUT2D eigenvalue weighted by atomic mass is 10.3. The Morgan fingerprint density at radius 2 is 1.75 bits per heavy atom. The number of nitrogens with zero attached hydrogens (tertiary/aromatic N) is 3. The van der Waals surface area contributed by atoms with Crippen molar-refractivity contribution in [1.82, 2.24) is 9.97 Å². The lowest BCUT2D eigenvalue weighted by Gasteiger charge is -2.07. The summed E-state index contributed by atoms with van der Waals surface area (Å²) in [6.45, 7) is 0. The lowest BCUT2D eigenvalue weighted by Crippen LogP contribution is -1.98. The van der Waals surface area contributed by atoms with Crippen LogP contribution in [-0.4, -0.2) is 29.1 Å². The highest BCUT2D eigenvalue weighted by Crippen LogP contribution is 2.26. The summed E-state index contributed by atoms with van der Waals surface area (Å²) in [6, 6.07) is 7.16. The van der Waals surface area contributed by atoms with Gasteiger partial charge in [0.2, 0.25) is 11.8 Å². The van der Waals surface area contributed by atoms with Gasteiger partial charge in [0.1, 0.15) is 5.75 Å². The maximum absolute atomic E-state index is 10.7. The van der Waals surface area contributed by atoms with Gasteiger partial charge in [-0.15, -0.1) is 0 Å². The van der Waals surface area contributed by atoms with Crippen LogP contribution in [0.1, 0.15) is 0 Å². The number of rotatable bonds is 5. The van der Waals surface area contributed by atoms with Gasteiger partial charge in [-0.25, -0.2) is 0 Å². The largest absolute Gasteiger partial charge is 0.481 e. The van der Waals surface area contributed by atoms with Gasteiger partial charge in [0.05, 0.1) is 31.3 Å². The summed E-state index contributed by atoms with van der Waals surface area (Å²) >= 11 is 0. The Kier molecular flexibility index (Phi) is 3.94. The van der Waals surface area contributed by atoms with E-state index >= 15 is 0 Å². The molecule has 0 saturated carbocycles. The third kappa shape index (κ3) is 3.10. The quantitative estimate of drug-likeness (QED) is 0.610. The number of methoxy groups -OCH3 is 2. The molecule has 0 saturated heterocycles. The van der Waals surface area contributed by atoms with E-state index in [0.29, 0.717) is 0 Å². The van der Waals surface area contributed by atoms with E-state index < -0.39 is 4.92 Å². The molecular formula is C12H11N3O5. The molecule has 2 rings (SSSR count). The minimum absolute atomic E-state index is 0.0262. The Balaban J connectivity index is 2.29. The van der Waals surface area contributed by atoms with Crippen molar-refractivity contribution in [1.29, 1.82) is 0 Å². The second-order valence-electron chi connectivity index (χ2n) is 3.59. The SMILES string of the molecule is COc1cc(OC)nc(Oc2cccc([N+](=O)[O-])c2)n1. The minimum atomic E-state index is -0.514. The third-order valence-electron chi connectivity index (χ3n) is 2.31. The number of hydrogen-bond acceptors (Lipinski definition) is 7. The number of nitro benzene ring substituents is 1. The second-order valence-corrected chi connectivity index (χ2v) is 3.59. The number of aromatic nitrogens is 2. The van der Waals surface area contributed by atoms with Crippen LogP contribution in [0, 0.1) is 10.1 Å². The zero-order valence-electron chi connectivity index (χ0n) is 10.8. The molecule has 1 heterocycles. The van der Waals surface area contributed by atoms with Crippen LogP contribution in [0.15, 0.2) is 30.3 Å². The molecule has 0 spiro atoms. The van der Waals surface area contributed by atoms with Gasteiger partial charge in [0, 0.05) is 6.07 Å². The van der Waals surface area contributed by atoms with E-state index in [4.69, 9.17) is 14.2 Å². The molecule has 0 bridgehead atoms. The Labute approximate surface area is 114 Å². The van der Waals surface area contributed by atoms with Gasteiger partial charge < -0.3 is 14.2 Å². The van der Waals surface area contributed by atoms with Gasteiger partial charge in [-0.1, -0.05) is 6.07 Å². The molecule has 0 unspecified atom stereocenters. The van der Waals surface area contributed by atoms with E-state index in [0.717, 1.165) is 0 Å². The molecule has 8 nitrogen and oxygen atoms in total. The molecule has 0 amide bonds. The maximum atomic E-state index is 10.7. The van der Waals surface area contributed by atoms with Gasteiger partial charge >= 0.3 is 6.01 Å². The van der Waals surface area contributed by atoms with Crippen LogP contribution in [0.2, 0.25) is 0 Å². The fourth-order valence-electron chi connectivity index (χ4n) is 1.40. The van der Waals surface area contributed by atoms with E-state index in [9.17, 15) is 10.1 Å². The van der Waals surface area contributed by atoms with Crippen molar-refractivity contribution in [3.63, 3.8) is 0 Å². The Bertz CT molecular complexity index is 610. The van der Waals surface area contributed by atoms with Gasteiger partial charge in [0.15, 0.2) is 0 Å². The summed E-state index contributed by atoms with van der Waals surface area (Å²) in [5.41, 5.74) is -0.0858. The molecular weight excluding hydrogens is 266 g/mol. The highest BCUT2D eigenvalue weighted by Gasteiger charge is 2.10. The Hall–Kier alpha value is -2.90. The molecule has 104 valence electrons. The van der Waals surface area contributed by atoms with Crippen LogP contribution in [-0.2, 0) is 0 Å². The first-order valence-electron chi connectivity index (χ1n) is 5.51. The molecule has 0 N–H and O–H groups in total. The smallest absolute Gasteiger partial charge is 0.328 e. The summed E-state index contributed by atoms with van der Waals surface area (Å²) in [6.07, 6.45) is 0. The molecule has 0 aliphatic heterocycles. The van der Waals surface area contributed by atoms with Crippen LogP contribution < -0.4 is 14.2 Å². The van der Waals surface area contributed by atoms with Gasteiger partial charge in [0.25, 0.3) is 5.69 Å². The molecule has 0 aliphatic rings. The van der Waals surface area contributed by atoms with Crippen molar-refractivity contribution in [3.8, 4) is 23.5 Å². The van der Waals surface area contributed by atoms with Crippen LogP contribution in [0.25, 0.3) is 0 Å². The summed E-state index contributed by atoms with van der Waals surface area (Å²) in [4.78, 5) is 18.1. The summed E-state index contributed by atoms with van der Waals surface area (Å²) < 4.78 is 15.3. The first-order valence-corrected chi connectivity index (χ1v) is 5.51. The number of benzene rings is 1. The Morgan fingerprint density at radius 3 is 2.30 bits per heavy atom. The van der Waals surface area contributed by atoms with E-state index in [1.807, 2.05) is 0 Å². The number of ether oxygens (including phenoxy) is 3. The van der Waals surface area contributed by atoms with E-state index in [2.05, 4.69) is 9.97 Å². The van der Waals surface area contributed by atoms with E-state index in [-0.39, 0.29) is 29.2 Å². The normalized spacial score (nSPS) is 9.90. The number of hydrogen-bond donors (Lipinski definition) is 0. The topological polar surface area (TPSA) is 96.6 Å². The highest BCUT2D eigenvalue weighted by atomic mass is 16.6. The number of non-ortho nitro benzene ring substituents is 1.